The number of hydrogen-bond acceptors (Lipinski definition) is 5. The van der Waals surface area contributed by atoms with E-state index >= 15 is 0 Å². The summed E-state index contributed by atoms with van der Waals surface area (Å²) in [5.41, 5.74) is 1.90. The van der Waals surface area contributed by atoms with E-state index in [-0.39, 0.29) is 19.0 Å². The second-order valence-electron chi connectivity index (χ2n) is 5.50. The molecule has 0 amide bonds. The zero-order chi connectivity index (χ0) is 18.5. The van der Waals surface area contributed by atoms with Crippen LogP contribution in [0.25, 0.3) is 11.3 Å². The number of halogens is 2. The molecule has 0 N–H and O–H groups in total. The average molecular weight is 376 g/mol. The fourth-order valence-corrected chi connectivity index (χ4v) is 2.44. The summed E-state index contributed by atoms with van der Waals surface area (Å²) >= 11 is 5.84. The van der Waals surface area contributed by atoms with E-state index in [9.17, 15) is 9.18 Å². The normalized spacial score (nSPS) is 10.6. The van der Waals surface area contributed by atoms with E-state index in [0.717, 1.165) is 5.56 Å². The molecule has 134 valence electrons. The van der Waals surface area contributed by atoms with Crippen LogP contribution in [0, 0.1) is 12.7 Å². The van der Waals surface area contributed by atoms with Crippen LogP contribution in [0.15, 0.2) is 53.1 Å². The standard InChI is InChI=1S/C19H15ClFNO4/c1-12-17(22-26-19(12)13-5-7-15(21)8-6-13)10-25-18(23)11-24-16-4-2-3-14(20)9-16/h2-9H,10-11H2,1H3. The molecule has 26 heavy (non-hydrogen) atoms. The van der Waals surface area contributed by atoms with E-state index in [1.165, 1.54) is 12.1 Å². The number of esters is 1. The molecule has 0 unspecified atom stereocenters. The van der Waals surface area contributed by atoms with Crippen molar-refractivity contribution < 1.29 is 23.2 Å². The van der Waals surface area contributed by atoms with Crippen LogP contribution in [0.2, 0.25) is 5.02 Å². The first-order valence-electron chi connectivity index (χ1n) is 7.78. The zero-order valence-electron chi connectivity index (χ0n) is 13.9. The van der Waals surface area contributed by atoms with Crippen molar-refractivity contribution in [3.05, 3.63) is 70.6 Å². The van der Waals surface area contributed by atoms with Gasteiger partial charge in [0.1, 0.15) is 23.9 Å². The lowest BCUT2D eigenvalue weighted by molar-refractivity contribution is -0.147. The van der Waals surface area contributed by atoms with Crippen molar-refractivity contribution in [2.45, 2.75) is 13.5 Å². The van der Waals surface area contributed by atoms with Crippen LogP contribution in [0.5, 0.6) is 5.75 Å². The van der Waals surface area contributed by atoms with E-state index in [1.807, 2.05) is 0 Å². The zero-order valence-corrected chi connectivity index (χ0v) is 14.6. The molecule has 0 saturated carbocycles. The number of nitrogens with zero attached hydrogens (tertiary/aromatic N) is 1. The second kappa shape index (κ2) is 8.01. The van der Waals surface area contributed by atoms with Crippen LogP contribution >= 0.6 is 11.6 Å². The number of carbonyl (C=O) groups is 1. The molecule has 3 rings (SSSR count). The highest BCUT2D eigenvalue weighted by atomic mass is 35.5. The Hall–Kier alpha value is -2.86. The molecule has 7 heteroatoms. The predicted molar refractivity (Wildman–Crippen MR) is 93.4 cm³/mol. The first-order chi connectivity index (χ1) is 12.5. The van der Waals surface area contributed by atoms with Gasteiger partial charge in [0.05, 0.1) is 0 Å². The lowest BCUT2D eigenvalue weighted by atomic mass is 10.1. The van der Waals surface area contributed by atoms with Crippen LogP contribution in [0.3, 0.4) is 0 Å². The second-order valence-corrected chi connectivity index (χ2v) is 5.93. The van der Waals surface area contributed by atoms with Crippen LogP contribution in [0.1, 0.15) is 11.3 Å². The Morgan fingerprint density at radius 2 is 2.00 bits per heavy atom. The van der Waals surface area contributed by atoms with E-state index in [4.69, 9.17) is 25.6 Å². The molecule has 2 aromatic carbocycles. The van der Waals surface area contributed by atoms with Crippen LogP contribution in [-0.4, -0.2) is 17.7 Å². The maximum absolute atomic E-state index is 13.0. The number of hydrogen-bond donors (Lipinski definition) is 0. The van der Waals surface area contributed by atoms with Gasteiger partial charge in [-0.1, -0.05) is 22.8 Å². The van der Waals surface area contributed by atoms with Crippen LogP contribution in [-0.2, 0) is 16.1 Å². The van der Waals surface area contributed by atoms with Crippen LogP contribution < -0.4 is 4.74 Å². The van der Waals surface area contributed by atoms with E-state index in [0.29, 0.717) is 27.8 Å². The molecule has 0 fully saturated rings. The first kappa shape index (κ1) is 17.9. The third-order valence-corrected chi connectivity index (χ3v) is 3.88. The monoisotopic (exact) mass is 375 g/mol. The summed E-state index contributed by atoms with van der Waals surface area (Å²) < 4.78 is 28.8. The minimum Gasteiger partial charge on any atom is -0.482 e. The van der Waals surface area contributed by atoms with Gasteiger partial charge >= 0.3 is 5.97 Å². The fraction of sp³-hybridized carbons (Fsp3) is 0.158. The number of carbonyl (C=O) groups excluding carboxylic acids is 1. The molecule has 0 bridgehead atoms. The molecular weight excluding hydrogens is 361 g/mol. The molecule has 0 aliphatic heterocycles. The van der Waals surface area contributed by atoms with Gasteiger partial charge in [0.2, 0.25) is 0 Å². The third kappa shape index (κ3) is 4.40. The molecule has 5 nitrogen and oxygen atoms in total. The Balaban J connectivity index is 1.56. The van der Waals surface area contributed by atoms with E-state index < -0.39 is 5.97 Å². The van der Waals surface area contributed by atoms with E-state index in [1.54, 1.807) is 43.3 Å². The maximum atomic E-state index is 13.0. The summed E-state index contributed by atoms with van der Waals surface area (Å²) in [4.78, 5) is 11.8. The Labute approximate surface area is 154 Å². The fourth-order valence-electron chi connectivity index (χ4n) is 2.26. The molecule has 0 aliphatic rings. The van der Waals surface area contributed by atoms with Gasteiger partial charge in [0.15, 0.2) is 12.4 Å². The van der Waals surface area contributed by atoms with Crippen molar-refractivity contribution in [3.8, 4) is 17.1 Å². The minimum absolute atomic E-state index is 0.0474. The summed E-state index contributed by atoms with van der Waals surface area (Å²) in [7, 11) is 0. The SMILES string of the molecule is Cc1c(COC(=O)COc2cccc(Cl)c2)noc1-c1ccc(F)cc1. The van der Waals surface area contributed by atoms with Crippen molar-refractivity contribution >= 4 is 17.6 Å². The topological polar surface area (TPSA) is 61.6 Å². The van der Waals surface area contributed by atoms with Gasteiger partial charge in [-0.25, -0.2) is 9.18 Å². The molecule has 0 radical (unpaired) electrons. The maximum Gasteiger partial charge on any atom is 0.344 e. The average Bonchev–Trinajstić information content (AvgIpc) is 3.00. The first-order valence-corrected chi connectivity index (χ1v) is 8.16. The molecule has 0 spiro atoms. The van der Waals surface area contributed by atoms with Crippen molar-refractivity contribution in [1.29, 1.82) is 0 Å². The highest BCUT2D eigenvalue weighted by Gasteiger charge is 2.15. The van der Waals surface area contributed by atoms with Crippen molar-refractivity contribution in [2.75, 3.05) is 6.61 Å². The minimum atomic E-state index is -0.546. The summed E-state index contributed by atoms with van der Waals surface area (Å²) in [6.07, 6.45) is 0. The van der Waals surface area contributed by atoms with Crippen molar-refractivity contribution in [2.24, 2.45) is 0 Å². The number of benzene rings is 2. The molecule has 0 atom stereocenters. The summed E-state index contributed by atoms with van der Waals surface area (Å²) in [6, 6.07) is 12.6. The van der Waals surface area contributed by atoms with Crippen molar-refractivity contribution in [3.63, 3.8) is 0 Å². The quantitative estimate of drug-likeness (QED) is 0.591. The third-order valence-electron chi connectivity index (χ3n) is 3.65. The lowest BCUT2D eigenvalue weighted by Crippen LogP contribution is -2.15. The predicted octanol–water partition coefficient (Wildman–Crippen LogP) is 4.56. The van der Waals surface area contributed by atoms with Gasteiger partial charge in [-0.15, -0.1) is 0 Å². The van der Waals surface area contributed by atoms with Gasteiger partial charge < -0.3 is 14.0 Å². The largest absolute Gasteiger partial charge is 0.482 e. The Morgan fingerprint density at radius 1 is 1.23 bits per heavy atom. The molecule has 1 aromatic heterocycles. The highest BCUT2D eigenvalue weighted by Crippen LogP contribution is 2.26. The van der Waals surface area contributed by atoms with Gasteiger partial charge in [0.25, 0.3) is 0 Å². The Kier molecular flexibility index (Phi) is 5.53. The van der Waals surface area contributed by atoms with E-state index in [2.05, 4.69) is 5.16 Å². The molecule has 0 saturated heterocycles. The summed E-state index contributed by atoms with van der Waals surface area (Å²) in [5.74, 6) is 0.104. The van der Waals surface area contributed by atoms with Gasteiger partial charge in [-0.2, -0.15) is 0 Å². The Bertz CT molecular complexity index is 908. The van der Waals surface area contributed by atoms with Gasteiger partial charge in [0, 0.05) is 16.1 Å². The lowest BCUT2D eigenvalue weighted by Gasteiger charge is -2.06. The molecule has 1 heterocycles. The summed E-state index contributed by atoms with van der Waals surface area (Å²) in [6.45, 7) is 1.50. The van der Waals surface area contributed by atoms with Crippen LogP contribution in [0.4, 0.5) is 4.39 Å². The molecular formula is C19H15ClFNO4. The Morgan fingerprint density at radius 3 is 2.73 bits per heavy atom. The highest BCUT2D eigenvalue weighted by molar-refractivity contribution is 6.30. The molecule has 0 aliphatic carbocycles. The smallest absolute Gasteiger partial charge is 0.344 e. The number of rotatable bonds is 6. The van der Waals surface area contributed by atoms with Crippen molar-refractivity contribution in [1.82, 2.24) is 5.16 Å². The summed E-state index contributed by atoms with van der Waals surface area (Å²) in [5, 5.41) is 4.43. The number of aromatic nitrogens is 1. The van der Waals surface area contributed by atoms with Gasteiger partial charge in [-0.05, 0) is 49.4 Å². The number of ether oxygens (including phenoxy) is 2. The van der Waals surface area contributed by atoms with Gasteiger partial charge in [-0.3, -0.25) is 0 Å². The molecule has 3 aromatic rings.